The van der Waals surface area contributed by atoms with Crippen LogP contribution in [0.1, 0.15) is 72.1 Å². The van der Waals surface area contributed by atoms with Gasteiger partial charge in [0, 0.05) is 13.1 Å². The zero-order valence-corrected chi connectivity index (χ0v) is 21.5. The number of Topliss-reactive ketones (excluding diaryl/α,β-unsaturated/α-hetero) is 2. The molecule has 0 unspecified atom stereocenters. The number of benzene rings is 2. The third kappa shape index (κ3) is 7.65. The molecule has 2 fully saturated rings. The summed E-state index contributed by atoms with van der Waals surface area (Å²) in [5.74, 6) is -0.205. The third-order valence-corrected chi connectivity index (χ3v) is 7.20. The molecule has 0 atom stereocenters. The first kappa shape index (κ1) is 26.4. The van der Waals surface area contributed by atoms with E-state index in [1.807, 2.05) is 12.1 Å². The van der Waals surface area contributed by atoms with E-state index in [0.717, 1.165) is 39.3 Å². The molecule has 2 saturated heterocycles. The van der Waals surface area contributed by atoms with Crippen molar-refractivity contribution in [3.63, 3.8) is 0 Å². The van der Waals surface area contributed by atoms with Crippen LogP contribution in [0.2, 0.25) is 0 Å². The number of ketones is 2. The zero-order chi connectivity index (χ0) is 25.0. The first-order chi connectivity index (χ1) is 17.7. The minimum atomic E-state index is -0.566. The van der Waals surface area contributed by atoms with Crippen LogP contribution in [0.4, 0.5) is 0 Å². The Morgan fingerprint density at radius 2 is 0.917 bits per heavy atom. The van der Waals surface area contributed by atoms with E-state index in [9.17, 15) is 9.59 Å². The fourth-order valence-corrected chi connectivity index (χ4v) is 5.09. The number of carbonyl (C=O) groups is 2. The highest BCUT2D eigenvalue weighted by atomic mass is 16.5. The number of para-hydroxylation sites is 2. The Hall–Kier alpha value is -2.70. The zero-order valence-electron chi connectivity index (χ0n) is 21.5. The Bertz CT molecular complexity index is 897. The van der Waals surface area contributed by atoms with E-state index in [2.05, 4.69) is 9.80 Å². The molecular weight excluding hydrogens is 452 g/mol. The molecule has 2 aliphatic heterocycles. The molecule has 0 amide bonds. The molecule has 194 valence electrons. The van der Waals surface area contributed by atoms with Gasteiger partial charge < -0.3 is 9.47 Å². The quantitative estimate of drug-likeness (QED) is 0.315. The van der Waals surface area contributed by atoms with Gasteiger partial charge in [0.05, 0.1) is 11.1 Å². The average Bonchev–Trinajstić information content (AvgIpc) is 3.34. The number of hydrogen-bond donors (Lipinski definition) is 0. The van der Waals surface area contributed by atoms with E-state index in [4.69, 9.17) is 9.47 Å². The lowest BCUT2D eigenvalue weighted by Gasteiger charge is -2.20. The maximum Gasteiger partial charge on any atom is 0.237 e. The molecule has 36 heavy (non-hydrogen) atoms. The van der Waals surface area contributed by atoms with Crippen LogP contribution < -0.4 is 9.47 Å². The van der Waals surface area contributed by atoms with Crippen molar-refractivity contribution < 1.29 is 19.1 Å². The van der Waals surface area contributed by atoms with Crippen molar-refractivity contribution in [2.75, 3.05) is 52.5 Å². The summed E-state index contributed by atoms with van der Waals surface area (Å²) in [6.07, 6.45) is 10.1. The van der Waals surface area contributed by atoms with Crippen molar-refractivity contribution in [2.24, 2.45) is 0 Å². The molecule has 0 N–H and O–H groups in total. The van der Waals surface area contributed by atoms with Gasteiger partial charge >= 0.3 is 0 Å². The molecule has 0 aliphatic carbocycles. The number of rotatable bonds is 11. The molecular formula is C30H40N2O4. The number of hydrogen-bond acceptors (Lipinski definition) is 6. The number of likely N-dealkylation sites (tertiary alicyclic amines) is 2. The van der Waals surface area contributed by atoms with Gasteiger partial charge in [-0.25, -0.2) is 0 Å². The first-order valence-electron chi connectivity index (χ1n) is 13.7. The first-order valence-corrected chi connectivity index (χ1v) is 13.7. The van der Waals surface area contributed by atoms with Crippen molar-refractivity contribution in [3.05, 3.63) is 59.7 Å². The highest BCUT2D eigenvalue weighted by Gasteiger charge is 2.25. The molecule has 2 aliphatic rings. The maximum absolute atomic E-state index is 13.3. The fourth-order valence-electron chi connectivity index (χ4n) is 5.09. The van der Waals surface area contributed by atoms with E-state index >= 15 is 0 Å². The van der Waals surface area contributed by atoms with Crippen molar-refractivity contribution in [1.29, 1.82) is 0 Å². The van der Waals surface area contributed by atoms with Gasteiger partial charge in [-0.05, 0) is 76.1 Å². The largest absolute Gasteiger partial charge is 0.491 e. The summed E-state index contributed by atoms with van der Waals surface area (Å²) < 4.78 is 12.0. The predicted molar refractivity (Wildman–Crippen MR) is 142 cm³/mol. The van der Waals surface area contributed by atoms with Crippen molar-refractivity contribution in [2.45, 2.75) is 51.4 Å². The number of nitrogens with zero attached hydrogens (tertiary/aromatic N) is 2. The van der Waals surface area contributed by atoms with Crippen LogP contribution in [0.3, 0.4) is 0 Å². The molecule has 2 heterocycles. The van der Waals surface area contributed by atoms with Gasteiger partial charge in [-0.15, -0.1) is 0 Å². The van der Waals surface area contributed by atoms with E-state index in [-0.39, 0.29) is 0 Å². The summed E-state index contributed by atoms with van der Waals surface area (Å²) >= 11 is 0. The van der Waals surface area contributed by atoms with Crippen LogP contribution in [0.15, 0.2) is 48.5 Å². The lowest BCUT2D eigenvalue weighted by atomic mass is 10.00. The predicted octanol–water partition coefficient (Wildman–Crippen LogP) is 5.26. The molecule has 0 spiro atoms. The van der Waals surface area contributed by atoms with Gasteiger partial charge in [-0.3, -0.25) is 19.4 Å². The lowest BCUT2D eigenvalue weighted by Crippen LogP contribution is -2.29. The summed E-state index contributed by atoms with van der Waals surface area (Å²) in [7, 11) is 0. The van der Waals surface area contributed by atoms with Crippen LogP contribution in [-0.4, -0.2) is 73.8 Å². The van der Waals surface area contributed by atoms with E-state index in [1.165, 1.54) is 51.4 Å². The Morgan fingerprint density at radius 3 is 1.31 bits per heavy atom. The van der Waals surface area contributed by atoms with Crippen molar-refractivity contribution in [1.82, 2.24) is 9.80 Å². The third-order valence-electron chi connectivity index (χ3n) is 7.20. The molecule has 0 saturated carbocycles. The Labute approximate surface area is 215 Å². The van der Waals surface area contributed by atoms with Crippen molar-refractivity contribution in [3.8, 4) is 11.5 Å². The normalized spacial score (nSPS) is 17.7. The minimum absolute atomic E-state index is 0.303. The SMILES string of the molecule is O=C(C(=O)c1ccccc1OCCN1CCCCCC1)c1ccccc1OCCN1CCCCCC1. The summed E-state index contributed by atoms with van der Waals surface area (Å²) in [5.41, 5.74) is 0.607. The Kier molecular flexibility index (Phi) is 10.4. The summed E-state index contributed by atoms with van der Waals surface area (Å²) in [5, 5.41) is 0. The monoisotopic (exact) mass is 492 g/mol. The topological polar surface area (TPSA) is 59.1 Å². The molecule has 6 nitrogen and oxygen atoms in total. The smallest absolute Gasteiger partial charge is 0.237 e. The Morgan fingerprint density at radius 1 is 0.556 bits per heavy atom. The van der Waals surface area contributed by atoms with Gasteiger partial charge in [-0.2, -0.15) is 0 Å². The van der Waals surface area contributed by atoms with Crippen LogP contribution in [0.25, 0.3) is 0 Å². The number of carbonyl (C=O) groups excluding carboxylic acids is 2. The molecule has 0 bridgehead atoms. The molecule has 4 rings (SSSR count). The minimum Gasteiger partial charge on any atom is -0.491 e. The summed E-state index contributed by atoms with van der Waals surface area (Å²) in [4.78, 5) is 31.4. The second-order valence-corrected chi connectivity index (χ2v) is 9.86. The lowest BCUT2D eigenvalue weighted by molar-refractivity contribution is 0.0811. The Balaban J connectivity index is 1.36. The van der Waals surface area contributed by atoms with Gasteiger partial charge in [0.15, 0.2) is 0 Å². The molecule has 6 heteroatoms. The van der Waals surface area contributed by atoms with E-state index < -0.39 is 11.6 Å². The summed E-state index contributed by atoms with van der Waals surface area (Å²) in [6, 6.07) is 14.1. The highest BCUT2D eigenvalue weighted by molar-refractivity contribution is 6.50. The molecule has 2 aromatic carbocycles. The highest BCUT2D eigenvalue weighted by Crippen LogP contribution is 2.24. The number of ether oxygens (including phenoxy) is 2. The van der Waals surface area contributed by atoms with Crippen LogP contribution >= 0.6 is 0 Å². The van der Waals surface area contributed by atoms with E-state index in [0.29, 0.717) is 35.8 Å². The second kappa shape index (κ2) is 14.1. The van der Waals surface area contributed by atoms with Crippen LogP contribution in [0.5, 0.6) is 11.5 Å². The molecule has 0 radical (unpaired) electrons. The molecule has 0 aromatic heterocycles. The molecule has 2 aromatic rings. The fraction of sp³-hybridized carbons (Fsp3) is 0.533. The summed E-state index contributed by atoms with van der Waals surface area (Å²) in [6.45, 7) is 7.01. The van der Waals surface area contributed by atoms with E-state index in [1.54, 1.807) is 36.4 Å². The van der Waals surface area contributed by atoms with Gasteiger partial charge in [0.25, 0.3) is 0 Å². The second-order valence-electron chi connectivity index (χ2n) is 9.86. The average molecular weight is 493 g/mol. The van der Waals surface area contributed by atoms with Gasteiger partial charge in [0.1, 0.15) is 24.7 Å². The van der Waals surface area contributed by atoms with Gasteiger partial charge in [0.2, 0.25) is 11.6 Å². The van der Waals surface area contributed by atoms with Gasteiger partial charge in [-0.1, -0.05) is 49.9 Å². The van der Waals surface area contributed by atoms with Crippen LogP contribution in [0, 0.1) is 0 Å². The van der Waals surface area contributed by atoms with Crippen molar-refractivity contribution >= 4 is 11.6 Å². The standard InChI is InChI=1S/C30H40N2O4/c33-29(25-13-5-7-15-27(25)35-23-21-31-17-9-1-2-10-18-31)30(34)26-14-6-8-16-28(26)36-24-22-32-19-11-3-4-12-20-32/h5-8,13-16H,1-4,9-12,17-24H2. The maximum atomic E-state index is 13.3. The van der Waals surface area contributed by atoms with Crippen LogP contribution in [-0.2, 0) is 0 Å².